The Morgan fingerprint density at radius 3 is 2.47 bits per heavy atom. The lowest BCUT2D eigenvalue weighted by Crippen LogP contribution is -2.36. The summed E-state index contributed by atoms with van der Waals surface area (Å²) in [4.78, 5) is 0. The first-order chi connectivity index (χ1) is 7.29. The molecule has 0 heterocycles. The van der Waals surface area contributed by atoms with Gasteiger partial charge in [0.2, 0.25) is 0 Å². The van der Waals surface area contributed by atoms with Crippen molar-refractivity contribution in [2.45, 2.75) is 12.0 Å². The van der Waals surface area contributed by atoms with E-state index in [2.05, 4.69) is 15.9 Å². The lowest BCUT2D eigenvalue weighted by Gasteiger charge is -2.22. The summed E-state index contributed by atoms with van der Waals surface area (Å²) in [6.07, 6.45) is 0. The van der Waals surface area contributed by atoms with Crippen molar-refractivity contribution in [3.05, 3.63) is 27.2 Å². The van der Waals surface area contributed by atoms with Crippen molar-refractivity contribution in [2.24, 2.45) is 5.73 Å². The number of aliphatic hydroxyl groups excluding tert-OH is 1. The number of rotatable bonds is 3. The Morgan fingerprint density at radius 1 is 1.47 bits per heavy atom. The highest BCUT2D eigenvalue weighted by Gasteiger charge is 2.39. The molecule has 4 N–H and O–H groups in total. The van der Waals surface area contributed by atoms with Gasteiger partial charge in [-0.1, -0.05) is 27.5 Å². The first-order valence-electron chi connectivity index (χ1n) is 4.21. The Labute approximate surface area is 116 Å². The summed E-state index contributed by atoms with van der Waals surface area (Å²) >= 11 is 8.66. The molecular formula is C9H10BrCl2F2NO2. The molecule has 0 radical (unpaired) electrons. The van der Waals surface area contributed by atoms with E-state index in [1.165, 1.54) is 12.1 Å². The van der Waals surface area contributed by atoms with E-state index in [-0.39, 0.29) is 23.0 Å². The predicted molar refractivity (Wildman–Crippen MR) is 67.0 cm³/mol. The standard InChI is InChI=1S/C9H9BrClF2NO2.ClH/c10-4-1-5(7(16)6(11)2-4)8(14)9(12,13)3-15;/h1-2,8,15-16H,3,14H2;1H/t8-;/m1./s1. The van der Waals surface area contributed by atoms with Crippen molar-refractivity contribution in [1.82, 2.24) is 0 Å². The lowest BCUT2D eigenvalue weighted by atomic mass is 10.0. The Kier molecular flexibility index (Phi) is 6.10. The maximum atomic E-state index is 13.1. The monoisotopic (exact) mass is 351 g/mol. The van der Waals surface area contributed by atoms with Crippen LogP contribution in [0, 0.1) is 0 Å². The maximum Gasteiger partial charge on any atom is 0.289 e. The molecule has 0 fully saturated rings. The highest BCUT2D eigenvalue weighted by Crippen LogP contribution is 2.39. The topological polar surface area (TPSA) is 66.5 Å². The van der Waals surface area contributed by atoms with Gasteiger partial charge in [-0.05, 0) is 12.1 Å². The molecule has 0 aliphatic heterocycles. The fourth-order valence-corrected chi connectivity index (χ4v) is 1.98. The van der Waals surface area contributed by atoms with Gasteiger partial charge < -0.3 is 15.9 Å². The molecule has 0 saturated heterocycles. The van der Waals surface area contributed by atoms with Gasteiger partial charge in [-0.3, -0.25) is 0 Å². The van der Waals surface area contributed by atoms with Crippen LogP contribution in [0.25, 0.3) is 0 Å². The number of halogens is 5. The van der Waals surface area contributed by atoms with Crippen LogP contribution in [0.1, 0.15) is 11.6 Å². The van der Waals surface area contributed by atoms with Crippen LogP contribution < -0.4 is 5.73 Å². The molecule has 0 bridgehead atoms. The molecule has 1 aromatic rings. The highest BCUT2D eigenvalue weighted by molar-refractivity contribution is 9.10. The van der Waals surface area contributed by atoms with Gasteiger partial charge >= 0.3 is 0 Å². The van der Waals surface area contributed by atoms with Gasteiger partial charge in [-0.25, -0.2) is 8.78 Å². The number of aromatic hydroxyl groups is 1. The lowest BCUT2D eigenvalue weighted by molar-refractivity contribution is -0.0715. The quantitative estimate of drug-likeness (QED) is 0.783. The molecule has 17 heavy (non-hydrogen) atoms. The molecule has 0 aliphatic rings. The Bertz CT molecular complexity index is 407. The van der Waals surface area contributed by atoms with Crippen LogP contribution in [-0.4, -0.2) is 22.7 Å². The van der Waals surface area contributed by atoms with Crippen molar-refractivity contribution in [2.75, 3.05) is 6.61 Å². The summed E-state index contributed by atoms with van der Waals surface area (Å²) in [7, 11) is 0. The number of hydrogen-bond acceptors (Lipinski definition) is 3. The van der Waals surface area contributed by atoms with Crippen LogP contribution in [0.5, 0.6) is 5.75 Å². The zero-order valence-electron chi connectivity index (χ0n) is 8.33. The van der Waals surface area contributed by atoms with Gasteiger partial charge in [0, 0.05) is 10.0 Å². The Morgan fingerprint density at radius 2 is 2.00 bits per heavy atom. The van der Waals surface area contributed by atoms with Gasteiger partial charge in [-0.2, -0.15) is 0 Å². The highest BCUT2D eigenvalue weighted by atomic mass is 79.9. The van der Waals surface area contributed by atoms with Crippen LogP contribution in [0.4, 0.5) is 8.78 Å². The van der Waals surface area contributed by atoms with E-state index in [1.54, 1.807) is 0 Å². The predicted octanol–water partition coefficient (Wildman–Crippen LogP) is 2.86. The summed E-state index contributed by atoms with van der Waals surface area (Å²) in [5.74, 6) is -4.03. The van der Waals surface area contributed by atoms with Crippen molar-refractivity contribution < 1.29 is 19.0 Å². The minimum Gasteiger partial charge on any atom is -0.506 e. The number of benzene rings is 1. The molecule has 3 nitrogen and oxygen atoms in total. The minimum absolute atomic E-state index is 0. The van der Waals surface area contributed by atoms with Gasteiger partial charge in [0.15, 0.2) is 0 Å². The molecule has 0 amide bonds. The fraction of sp³-hybridized carbons (Fsp3) is 0.333. The number of nitrogens with two attached hydrogens (primary N) is 1. The first-order valence-corrected chi connectivity index (χ1v) is 5.39. The molecule has 1 atom stereocenters. The maximum absolute atomic E-state index is 13.1. The summed E-state index contributed by atoms with van der Waals surface area (Å²) in [5.41, 5.74) is 5.05. The second-order valence-electron chi connectivity index (χ2n) is 3.22. The molecule has 0 unspecified atom stereocenters. The van der Waals surface area contributed by atoms with Crippen LogP contribution in [-0.2, 0) is 0 Å². The van der Waals surface area contributed by atoms with Crippen LogP contribution in [0.2, 0.25) is 5.02 Å². The van der Waals surface area contributed by atoms with Gasteiger partial charge in [0.1, 0.15) is 18.4 Å². The summed E-state index contributed by atoms with van der Waals surface area (Å²) in [6, 6.07) is 0.757. The normalized spacial score (nSPS) is 13.1. The van der Waals surface area contributed by atoms with Crippen LogP contribution in [0.3, 0.4) is 0 Å². The Hall–Kier alpha value is -0.140. The van der Waals surface area contributed by atoms with Crippen molar-refractivity contribution in [3.8, 4) is 5.75 Å². The molecule has 0 aliphatic carbocycles. The number of alkyl halides is 2. The van der Waals surface area contributed by atoms with E-state index >= 15 is 0 Å². The van der Waals surface area contributed by atoms with E-state index in [0.717, 1.165) is 0 Å². The largest absolute Gasteiger partial charge is 0.506 e. The summed E-state index contributed by atoms with van der Waals surface area (Å²) < 4.78 is 26.7. The molecule has 0 saturated carbocycles. The van der Waals surface area contributed by atoms with Gasteiger partial charge in [0.25, 0.3) is 5.92 Å². The third kappa shape index (κ3) is 3.66. The van der Waals surface area contributed by atoms with Crippen molar-refractivity contribution in [3.63, 3.8) is 0 Å². The average molecular weight is 353 g/mol. The van der Waals surface area contributed by atoms with Gasteiger partial charge in [0.05, 0.1) is 5.02 Å². The average Bonchev–Trinajstić information content (AvgIpc) is 2.22. The minimum atomic E-state index is -3.53. The first kappa shape index (κ1) is 16.9. The number of aliphatic hydroxyl groups is 1. The fourth-order valence-electron chi connectivity index (χ4n) is 1.15. The second-order valence-corrected chi connectivity index (χ2v) is 4.55. The van der Waals surface area contributed by atoms with Crippen LogP contribution in [0.15, 0.2) is 16.6 Å². The molecule has 1 aromatic carbocycles. The van der Waals surface area contributed by atoms with E-state index in [4.69, 9.17) is 22.4 Å². The molecule has 98 valence electrons. The third-order valence-corrected chi connectivity index (χ3v) is 2.80. The molecule has 8 heteroatoms. The van der Waals surface area contributed by atoms with E-state index in [0.29, 0.717) is 4.47 Å². The molecular weight excluding hydrogens is 343 g/mol. The smallest absolute Gasteiger partial charge is 0.289 e. The Balaban J connectivity index is 0.00000256. The zero-order chi connectivity index (χ0) is 12.5. The number of phenols is 1. The van der Waals surface area contributed by atoms with Gasteiger partial charge in [-0.15, -0.1) is 12.4 Å². The van der Waals surface area contributed by atoms with Crippen LogP contribution >= 0.6 is 39.9 Å². The molecule has 0 spiro atoms. The third-order valence-electron chi connectivity index (χ3n) is 2.06. The van der Waals surface area contributed by atoms with Crippen molar-refractivity contribution in [1.29, 1.82) is 0 Å². The summed E-state index contributed by atoms with van der Waals surface area (Å²) in [5, 5.41) is 17.9. The van der Waals surface area contributed by atoms with Crippen molar-refractivity contribution >= 4 is 39.9 Å². The van der Waals surface area contributed by atoms with E-state index < -0.39 is 24.3 Å². The number of phenolic OH excluding ortho intramolecular Hbond substituents is 1. The molecule has 0 aromatic heterocycles. The number of hydrogen-bond donors (Lipinski definition) is 3. The summed E-state index contributed by atoms with van der Waals surface area (Å²) in [6.45, 7) is -1.41. The van der Waals surface area contributed by atoms with E-state index in [1.807, 2.05) is 0 Å². The van der Waals surface area contributed by atoms with E-state index in [9.17, 15) is 13.9 Å². The molecule has 1 rings (SSSR count). The second kappa shape index (κ2) is 6.15. The zero-order valence-corrected chi connectivity index (χ0v) is 11.5. The SMILES string of the molecule is Cl.N[C@H](c1cc(Br)cc(Cl)c1O)C(F)(F)CO.